The summed E-state index contributed by atoms with van der Waals surface area (Å²) in [5.74, 6) is -0.449. The fraction of sp³-hybridized carbons (Fsp3) is 0. The molecule has 0 fully saturated rings. The third-order valence-electron chi connectivity index (χ3n) is 0.885. The molecule has 0 bridgehead atoms. The first-order valence-corrected chi connectivity index (χ1v) is 2.28. The first-order chi connectivity index (χ1) is 3.80. The van der Waals surface area contributed by atoms with Gasteiger partial charge in [-0.05, 0) is 18.7 Å². The van der Waals surface area contributed by atoms with Crippen LogP contribution in [0.25, 0.3) is 5.95 Å². The van der Waals surface area contributed by atoms with Gasteiger partial charge in [-0.25, -0.2) is 0 Å². The molecule has 0 aliphatic rings. The van der Waals surface area contributed by atoms with E-state index in [-0.39, 0.29) is 0 Å². The Balaban J connectivity index is 2.93. The topological polar surface area (TPSA) is 4.93 Å². The summed E-state index contributed by atoms with van der Waals surface area (Å²) in [5.41, 5.74) is 0. The lowest BCUT2D eigenvalue weighted by molar-refractivity contribution is 0.693. The van der Waals surface area contributed by atoms with Gasteiger partial charge < -0.3 is 4.57 Å². The lowest BCUT2D eigenvalue weighted by Gasteiger charge is -1.90. The van der Waals surface area contributed by atoms with Crippen molar-refractivity contribution in [2.45, 2.75) is 0 Å². The highest BCUT2D eigenvalue weighted by Gasteiger charge is 1.87. The van der Waals surface area contributed by atoms with Crippen LogP contribution in [-0.2, 0) is 0 Å². The summed E-state index contributed by atoms with van der Waals surface area (Å²) >= 11 is 0. The summed E-state index contributed by atoms with van der Waals surface area (Å²) in [7, 11) is 0. The van der Waals surface area contributed by atoms with Crippen molar-refractivity contribution >= 4 is 5.95 Å². The zero-order valence-electron chi connectivity index (χ0n) is 4.34. The van der Waals surface area contributed by atoms with Gasteiger partial charge in [-0.2, -0.15) is 4.39 Å². The second-order valence-electron chi connectivity index (χ2n) is 1.47. The van der Waals surface area contributed by atoms with Gasteiger partial charge in [0.25, 0.3) is 0 Å². The molecule has 0 unspecified atom stereocenters. The standard InChI is InChI=1S/C6H6FN/c1-6(7)8-4-2-3-5-8/h2-5H,1H2. The third kappa shape index (κ3) is 0.780. The Morgan fingerprint density at radius 1 is 1.38 bits per heavy atom. The van der Waals surface area contributed by atoms with Gasteiger partial charge >= 0.3 is 0 Å². The number of hydrogen-bond donors (Lipinski definition) is 0. The van der Waals surface area contributed by atoms with E-state index >= 15 is 0 Å². The molecular weight excluding hydrogens is 105 g/mol. The molecule has 42 valence electrons. The SMILES string of the molecule is C=C(F)n1cccc1. The number of aromatic nitrogens is 1. The lowest BCUT2D eigenvalue weighted by Crippen LogP contribution is -1.82. The van der Waals surface area contributed by atoms with Crippen molar-refractivity contribution in [1.29, 1.82) is 0 Å². The van der Waals surface area contributed by atoms with Gasteiger partial charge in [-0.3, -0.25) is 0 Å². The van der Waals surface area contributed by atoms with Gasteiger partial charge in [-0.1, -0.05) is 0 Å². The predicted molar refractivity (Wildman–Crippen MR) is 30.9 cm³/mol. The van der Waals surface area contributed by atoms with Gasteiger partial charge in [-0.15, -0.1) is 0 Å². The van der Waals surface area contributed by atoms with Crippen molar-refractivity contribution < 1.29 is 4.39 Å². The van der Waals surface area contributed by atoms with E-state index in [0.717, 1.165) is 0 Å². The Hall–Kier alpha value is -1.05. The van der Waals surface area contributed by atoms with Gasteiger partial charge in [0, 0.05) is 12.4 Å². The van der Waals surface area contributed by atoms with E-state index in [1.807, 2.05) is 0 Å². The van der Waals surface area contributed by atoms with E-state index in [1.165, 1.54) is 4.57 Å². The summed E-state index contributed by atoms with van der Waals surface area (Å²) in [6, 6.07) is 3.48. The minimum atomic E-state index is -0.449. The molecule has 0 aliphatic carbocycles. The van der Waals surface area contributed by atoms with Gasteiger partial charge in [0.05, 0.1) is 0 Å². The quantitative estimate of drug-likeness (QED) is 0.521. The average Bonchev–Trinajstić information content (AvgIpc) is 2.12. The van der Waals surface area contributed by atoms with Crippen LogP contribution < -0.4 is 0 Å². The van der Waals surface area contributed by atoms with Crippen LogP contribution >= 0.6 is 0 Å². The molecule has 1 rings (SSSR count). The van der Waals surface area contributed by atoms with Crippen molar-refractivity contribution in [3.8, 4) is 0 Å². The molecule has 1 heterocycles. The van der Waals surface area contributed by atoms with E-state index in [2.05, 4.69) is 6.58 Å². The summed E-state index contributed by atoms with van der Waals surface area (Å²) < 4.78 is 13.3. The molecule has 1 aromatic heterocycles. The number of rotatable bonds is 1. The molecule has 0 saturated heterocycles. The Bertz CT molecular complexity index is 176. The second kappa shape index (κ2) is 1.82. The van der Waals surface area contributed by atoms with Crippen molar-refractivity contribution in [2.24, 2.45) is 0 Å². The van der Waals surface area contributed by atoms with Crippen molar-refractivity contribution in [3.05, 3.63) is 31.1 Å². The summed E-state index contributed by atoms with van der Waals surface area (Å²) in [4.78, 5) is 0. The third-order valence-corrected chi connectivity index (χ3v) is 0.885. The van der Waals surface area contributed by atoms with Crippen LogP contribution in [0.1, 0.15) is 0 Å². The van der Waals surface area contributed by atoms with Gasteiger partial charge in [0.2, 0.25) is 0 Å². The Morgan fingerprint density at radius 3 is 2.12 bits per heavy atom. The molecular formula is C6H6FN. The monoisotopic (exact) mass is 111 g/mol. The Labute approximate surface area is 47.1 Å². The van der Waals surface area contributed by atoms with Gasteiger partial charge in [0.15, 0.2) is 5.95 Å². The van der Waals surface area contributed by atoms with E-state index in [0.29, 0.717) is 0 Å². The smallest absolute Gasteiger partial charge is 0.190 e. The molecule has 0 saturated carbocycles. The molecule has 0 atom stereocenters. The summed E-state index contributed by atoms with van der Waals surface area (Å²) in [6.07, 6.45) is 3.20. The van der Waals surface area contributed by atoms with Crippen molar-refractivity contribution in [3.63, 3.8) is 0 Å². The van der Waals surface area contributed by atoms with Crippen molar-refractivity contribution in [1.82, 2.24) is 4.57 Å². The highest BCUT2D eigenvalue weighted by molar-refractivity contribution is 5.30. The molecule has 2 heteroatoms. The number of hydrogen-bond acceptors (Lipinski definition) is 0. The maximum Gasteiger partial charge on any atom is 0.190 e. The molecule has 0 aromatic carbocycles. The zero-order valence-corrected chi connectivity index (χ0v) is 4.34. The molecule has 0 N–H and O–H groups in total. The van der Waals surface area contributed by atoms with Crippen LogP contribution in [0.4, 0.5) is 4.39 Å². The fourth-order valence-electron chi connectivity index (χ4n) is 0.496. The summed E-state index contributed by atoms with van der Waals surface area (Å²) in [5, 5.41) is 0. The molecule has 0 radical (unpaired) electrons. The van der Waals surface area contributed by atoms with Crippen LogP contribution in [-0.4, -0.2) is 4.57 Å². The fourth-order valence-corrected chi connectivity index (χ4v) is 0.496. The van der Waals surface area contributed by atoms with E-state index in [4.69, 9.17) is 0 Å². The van der Waals surface area contributed by atoms with E-state index in [9.17, 15) is 4.39 Å². The number of halogens is 1. The largest absolute Gasteiger partial charge is 0.301 e. The molecule has 1 nitrogen and oxygen atoms in total. The molecule has 0 spiro atoms. The average molecular weight is 111 g/mol. The van der Waals surface area contributed by atoms with Crippen LogP contribution in [0.3, 0.4) is 0 Å². The first kappa shape index (κ1) is 5.09. The minimum Gasteiger partial charge on any atom is -0.301 e. The Morgan fingerprint density at radius 2 is 1.88 bits per heavy atom. The maximum atomic E-state index is 12.0. The highest BCUT2D eigenvalue weighted by atomic mass is 19.1. The molecule has 0 amide bonds. The minimum absolute atomic E-state index is 0.449. The summed E-state index contributed by atoms with van der Waals surface area (Å²) in [6.45, 7) is 3.09. The Kier molecular flexibility index (Phi) is 1.16. The van der Waals surface area contributed by atoms with Gasteiger partial charge in [0.1, 0.15) is 0 Å². The maximum absolute atomic E-state index is 12.0. The number of nitrogens with zero attached hydrogens (tertiary/aromatic N) is 1. The normalized spacial score (nSPS) is 9.12. The second-order valence-corrected chi connectivity index (χ2v) is 1.47. The van der Waals surface area contributed by atoms with Crippen LogP contribution in [0.2, 0.25) is 0 Å². The zero-order chi connectivity index (χ0) is 5.98. The van der Waals surface area contributed by atoms with Crippen LogP contribution in [0.5, 0.6) is 0 Å². The van der Waals surface area contributed by atoms with Crippen LogP contribution in [0, 0.1) is 0 Å². The molecule has 8 heavy (non-hydrogen) atoms. The molecule has 0 aliphatic heterocycles. The first-order valence-electron chi connectivity index (χ1n) is 2.28. The molecule has 1 aromatic rings. The predicted octanol–water partition coefficient (Wildman–Crippen LogP) is 1.89. The lowest BCUT2D eigenvalue weighted by atomic mass is 10.7. The highest BCUT2D eigenvalue weighted by Crippen LogP contribution is 2.00. The van der Waals surface area contributed by atoms with E-state index < -0.39 is 5.95 Å². The van der Waals surface area contributed by atoms with Crippen molar-refractivity contribution in [2.75, 3.05) is 0 Å². The van der Waals surface area contributed by atoms with E-state index in [1.54, 1.807) is 24.5 Å². The van der Waals surface area contributed by atoms with Crippen LogP contribution in [0.15, 0.2) is 31.1 Å².